The topological polar surface area (TPSA) is 49.4 Å². The first-order valence-electron chi connectivity index (χ1n) is 11.2. The van der Waals surface area contributed by atoms with Crippen LogP contribution in [-0.2, 0) is 4.79 Å². The van der Waals surface area contributed by atoms with Crippen molar-refractivity contribution in [3.63, 3.8) is 0 Å². The molecule has 1 aliphatic heterocycles. The molecule has 28 heavy (non-hydrogen) atoms. The summed E-state index contributed by atoms with van der Waals surface area (Å²) in [7, 11) is 0. The van der Waals surface area contributed by atoms with Crippen molar-refractivity contribution in [2.24, 2.45) is 23.2 Å². The maximum Gasteiger partial charge on any atom is 0.226 e. The molecule has 1 amide bonds. The number of amides is 1. The van der Waals surface area contributed by atoms with E-state index in [1.807, 2.05) is 30.3 Å². The summed E-state index contributed by atoms with van der Waals surface area (Å²) in [4.78, 5) is 27.9. The molecule has 1 heterocycles. The van der Waals surface area contributed by atoms with Crippen molar-refractivity contribution in [3.05, 3.63) is 35.9 Å². The Balaban J connectivity index is 1.13. The number of benzene rings is 1. The summed E-state index contributed by atoms with van der Waals surface area (Å²) in [5.74, 6) is 2.97. The zero-order valence-corrected chi connectivity index (χ0v) is 16.7. The fourth-order valence-corrected chi connectivity index (χ4v) is 6.88. The largest absolute Gasteiger partial charge is 0.353 e. The van der Waals surface area contributed by atoms with E-state index in [1.165, 1.54) is 19.3 Å². The fraction of sp³-hybridized carbons (Fsp3) is 0.667. The van der Waals surface area contributed by atoms with Crippen LogP contribution in [0.1, 0.15) is 61.7 Å². The highest BCUT2D eigenvalue weighted by atomic mass is 16.2. The Hall–Kier alpha value is -1.68. The molecule has 0 spiro atoms. The van der Waals surface area contributed by atoms with Gasteiger partial charge in [-0.2, -0.15) is 0 Å². The molecule has 0 atom stereocenters. The number of nitrogens with one attached hydrogen (secondary N) is 1. The molecule has 5 fully saturated rings. The number of ketones is 1. The summed E-state index contributed by atoms with van der Waals surface area (Å²) in [6.45, 7) is 2.27. The lowest BCUT2D eigenvalue weighted by Crippen LogP contribution is -2.56. The molecule has 1 aromatic carbocycles. The maximum atomic E-state index is 13.2. The van der Waals surface area contributed by atoms with Gasteiger partial charge in [-0.3, -0.25) is 14.5 Å². The van der Waals surface area contributed by atoms with Crippen molar-refractivity contribution in [1.29, 1.82) is 0 Å². The second kappa shape index (κ2) is 7.29. The molecule has 0 unspecified atom stereocenters. The van der Waals surface area contributed by atoms with Crippen LogP contribution >= 0.6 is 0 Å². The van der Waals surface area contributed by atoms with Gasteiger partial charge in [-0.05, 0) is 69.1 Å². The quantitative estimate of drug-likeness (QED) is 0.793. The molecule has 150 valence electrons. The first-order chi connectivity index (χ1) is 13.6. The molecule has 6 rings (SSSR count). The highest BCUT2D eigenvalue weighted by Gasteiger charge is 2.54. The smallest absolute Gasteiger partial charge is 0.226 e. The van der Waals surface area contributed by atoms with Gasteiger partial charge in [0.1, 0.15) is 0 Å². The molecule has 4 heteroatoms. The maximum absolute atomic E-state index is 13.2. The van der Waals surface area contributed by atoms with E-state index in [2.05, 4.69) is 10.2 Å². The number of carbonyl (C=O) groups is 2. The normalized spacial score (nSPS) is 35.1. The van der Waals surface area contributed by atoms with E-state index in [0.29, 0.717) is 12.5 Å². The minimum absolute atomic E-state index is 0.0465. The lowest BCUT2D eigenvalue weighted by Gasteiger charge is -2.56. The SMILES string of the molecule is O=C(CN1CCC(NC(=O)C23CC4CC(CC(C4)C2)C3)CC1)c1ccccc1. The number of hydrogen-bond acceptors (Lipinski definition) is 3. The number of likely N-dealkylation sites (tertiary alicyclic amines) is 1. The first-order valence-corrected chi connectivity index (χ1v) is 11.2. The van der Waals surface area contributed by atoms with Crippen LogP contribution in [-0.4, -0.2) is 42.3 Å². The average Bonchev–Trinajstić information content (AvgIpc) is 2.69. The summed E-state index contributed by atoms with van der Waals surface area (Å²) in [6, 6.07) is 9.83. The number of nitrogens with zero attached hydrogens (tertiary/aromatic N) is 1. The van der Waals surface area contributed by atoms with E-state index in [0.717, 1.165) is 68.5 Å². The number of piperidine rings is 1. The summed E-state index contributed by atoms with van der Waals surface area (Å²) in [5, 5.41) is 3.43. The summed E-state index contributed by atoms with van der Waals surface area (Å²) < 4.78 is 0. The molecule has 1 N–H and O–H groups in total. The van der Waals surface area contributed by atoms with Gasteiger partial charge in [-0.25, -0.2) is 0 Å². The standard InChI is InChI=1S/C24H32N2O2/c27-22(20-4-2-1-3-5-20)16-26-8-6-21(7-9-26)25-23(28)24-13-17-10-18(14-24)12-19(11-17)15-24/h1-5,17-19,21H,6-16H2,(H,25,28). The van der Waals surface area contributed by atoms with E-state index >= 15 is 0 Å². The van der Waals surface area contributed by atoms with Crippen molar-refractivity contribution in [1.82, 2.24) is 10.2 Å². The molecular weight excluding hydrogens is 348 g/mol. The predicted molar refractivity (Wildman–Crippen MR) is 109 cm³/mol. The van der Waals surface area contributed by atoms with Crippen molar-refractivity contribution in [2.75, 3.05) is 19.6 Å². The molecule has 5 aliphatic rings. The van der Waals surface area contributed by atoms with Gasteiger partial charge in [0.05, 0.1) is 6.54 Å². The van der Waals surface area contributed by atoms with Gasteiger partial charge in [0.2, 0.25) is 5.91 Å². The molecule has 0 radical (unpaired) electrons. The molecule has 4 saturated carbocycles. The Bertz CT molecular complexity index is 701. The van der Waals surface area contributed by atoms with Crippen LogP contribution in [0.3, 0.4) is 0 Å². The van der Waals surface area contributed by atoms with E-state index in [1.54, 1.807) is 0 Å². The van der Waals surface area contributed by atoms with Gasteiger partial charge < -0.3 is 5.32 Å². The number of Topliss-reactive ketones (excluding diaryl/α,β-unsaturated/α-hetero) is 1. The summed E-state index contributed by atoms with van der Waals surface area (Å²) in [5.41, 5.74) is 0.745. The third-order valence-corrected chi connectivity index (χ3v) is 7.91. The Kier molecular flexibility index (Phi) is 4.78. The van der Waals surface area contributed by atoms with E-state index in [-0.39, 0.29) is 17.2 Å². The molecule has 4 aliphatic carbocycles. The van der Waals surface area contributed by atoms with Crippen LogP contribution in [0.4, 0.5) is 0 Å². The third kappa shape index (κ3) is 3.52. The molecule has 0 aromatic heterocycles. The van der Waals surface area contributed by atoms with Crippen LogP contribution in [0.25, 0.3) is 0 Å². The molecule has 1 saturated heterocycles. The van der Waals surface area contributed by atoms with Crippen LogP contribution in [0.5, 0.6) is 0 Å². The van der Waals surface area contributed by atoms with E-state index in [9.17, 15) is 9.59 Å². The second-order valence-electron chi connectivity index (χ2n) is 10.0. The third-order valence-electron chi connectivity index (χ3n) is 7.91. The number of carbonyl (C=O) groups excluding carboxylic acids is 2. The Labute approximate surface area is 168 Å². The Morgan fingerprint density at radius 3 is 2.07 bits per heavy atom. The second-order valence-corrected chi connectivity index (χ2v) is 10.0. The average molecular weight is 381 g/mol. The van der Waals surface area contributed by atoms with Crippen molar-refractivity contribution < 1.29 is 9.59 Å². The summed E-state index contributed by atoms with van der Waals surface area (Å²) >= 11 is 0. The van der Waals surface area contributed by atoms with Crippen LogP contribution in [0, 0.1) is 23.2 Å². The number of hydrogen-bond donors (Lipinski definition) is 1. The Morgan fingerprint density at radius 1 is 0.929 bits per heavy atom. The fourth-order valence-electron chi connectivity index (χ4n) is 6.88. The first kappa shape index (κ1) is 18.4. The van der Waals surface area contributed by atoms with Gasteiger partial charge in [0.15, 0.2) is 5.78 Å². The lowest BCUT2D eigenvalue weighted by molar-refractivity contribution is -0.147. The molecule has 1 aromatic rings. The van der Waals surface area contributed by atoms with Gasteiger partial charge in [0.25, 0.3) is 0 Å². The minimum atomic E-state index is -0.0465. The number of rotatable bonds is 5. The zero-order chi connectivity index (χ0) is 19.1. The van der Waals surface area contributed by atoms with Crippen LogP contribution in [0.15, 0.2) is 30.3 Å². The lowest BCUT2D eigenvalue weighted by atomic mass is 9.49. The van der Waals surface area contributed by atoms with Crippen LogP contribution < -0.4 is 5.32 Å². The highest BCUT2D eigenvalue weighted by Crippen LogP contribution is 2.60. The van der Waals surface area contributed by atoms with Gasteiger partial charge in [-0.15, -0.1) is 0 Å². The van der Waals surface area contributed by atoms with Crippen LogP contribution in [0.2, 0.25) is 0 Å². The van der Waals surface area contributed by atoms with Crippen molar-refractivity contribution in [3.8, 4) is 0 Å². The van der Waals surface area contributed by atoms with Gasteiger partial charge >= 0.3 is 0 Å². The minimum Gasteiger partial charge on any atom is -0.353 e. The van der Waals surface area contributed by atoms with E-state index < -0.39 is 0 Å². The molecule has 4 nitrogen and oxygen atoms in total. The Morgan fingerprint density at radius 2 is 1.50 bits per heavy atom. The summed E-state index contributed by atoms with van der Waals surface area (Å²) in [6.07, 6.45) is 9.45. The van der Waals surface area contributed by atoms with E-state index in [4.69, 9.17) is 0 Å². The van der Waals surface area contributed by atoms with Gasteiger partial charge in [0, 0.05) is 30.1 Å². The van der Waals surface area contributed by atoms with Gasteiger partial charge in [-0.1, -0.05) is 30.3 Å². The molecule has 4 bridgehead atoms. The molecular formula is C24H32N2O2. The predicted octanol–water partition coefficient (Wildman–Crippen LogP) is 3.67. The highest BCUT2D eigenvalue weighted by molar-refractivity contribution is 5.97. The van der Waals surface area contributed by atoms with Crippen molar-refractivity contribution >= 4 is 11.7 Å². The van der Waals surface area contributed by atoms with Crippen molar-refractivity contribution in [2.45, 2.75) is 57.4 Å². The monoisotopic (exact) mass is 380 g/mol. The zero-order valence-electron chi connectivity index (χ0n) is 16.7.